The van der Waals surface area contributed by atoms with Crippen LogP contribution in [0.5, 0.6) is 0 Å². The molecule has 0 bridgehead atoms. The highest BCUT2D eigenvalue weighted by molar-refractivity contribution is 9.10. The summed E-state index contributed by atoms with van der Waals surface area (Å²) in [4.78, 5) is 10.7. The van der Waals surface area contributed by atoms with Crippen LogP contribution in [0.4, 0.5) is 11.4 Å². The first-order chi connectivity index (χ1) is 10.0. The summed E-state index contributed by atoms with van der Waals surface area (Å²) in [7, 11) is 0. The number of rotatable bonds is 5. The minimum atomic E-state index is -0.336. The second kappa shape index (κ2) is 7.22. The van der Waals surface area contributed by atoms with Gasteiger partial charge < -0.3 is 10.1 Å². The molecule has 2 rings (SSSR count). The molecule has 5 nitrogen and oxygen atoms in total. The monoisotopic (exact) mass is 356 g/mol. The normalized spacial score (nSPS) is 22.0. The van der Waals surface area contributed by atoms with Crippen molar-refractivity contribution in [2.24, 2.45) is 0 Å². The van der Waals surface area contributed by atoms with E-state index in [9.17, 15) is 10.1 Å². The predicted octanol–water partition coefficient (Wildman–Crippen LogP) is 4.43. The molecule has 6 heteroatoms. The number of aryl methyl sites for hydroxylation is 1. The van der Waals surface area contributed by atoms with E-state index in [0.29, 0.717) is 17.7 Å². The van der Waals surface area contributed by atoms with Crippen LogP contribution >= 0.6 is 15.9 Å². The summed E-state index contributed by atoms with van der Waals surface area (Å²) in [6.45, 7) is 4.65. The van der Waals surface area contributed by atoms with E-state index < -0.39 is 0 Å². The van der Waals surface area contributed by atoms with Crippen LogP contribution in [-0.2, 0) is 4.74 Å². The number of nitrogens with zero attached hydrogens (tertiary/aromatic N) is 1. The van der Waals surface area contributed by atoms with Gasteiger partial charge in [-0.2, -0.15) is 0 Å². The third-order valence-electron chi connectivity index (χ3n) is 3.82. The molecule has 1 N–H and O–H groups in total. The van der Waals surface area contributed by atoms with Crippen molar-refractivity contribution in [1.82, 2.24) is 0 Å². The van der Waals surface area contributed by atoms with Crippen molar-refractivity contribution < 1.29 is 9.66 Å². The van der Waals surface area contributed by atoms with Crippen LogP contribution in [0.25, 0.3) is 0 Å². The van der Waals surface area contributed by atoms with E-state index >= 15 is 0 Å². The Bertz CT molecular complexity index is 520. The van der Waals surface area contributed by atoms with Gasteiger partial charge in [-0.15, -0.1) is 0 Å². The molecular weight excluding hydrogens is 336 g/mol. The Morgan fingerprint density at radius 2 is 2.29 bits per heavy atom. The fourth-order valence-corrected chi connectivity index (χ4v) is 3.30. The largest absolute Gasteiger partial charge is 0.381 e. The molecule has 0 aromatic heterocycles. The van der Waals surface area contributed by atoms with Crippen LogP contribution in [0.3, 0.4) is 0 Å². The molecule has 0 saturated carbocycles. The topological polar surface area (TPSA) is 64.4 Å². The highest BCUT2D eigenvalue weighted by atomic mass is 79.9. The lowest BCUT2D eigenvalue weighted by molar-refractivity contribution is -0.385. The van der Waals surface area contributed by atoms with Gasteiger partial charge in [0.2, 0.25) is 0 Å². The molecular formula is C15H21BrN2O3. The zero-order valence-corrected chi connectivity index (χ0v) is 14.0. The molecule has 0 radical (unpaired) electrons. The third-order valence-corrected chi connectivity index (χ3v) is 4.48. The highest BCUT2D eigenvalue weighted by Gasteiger charge is 2.23. The van der Waals surface area contributed by atoms with E-state index in [2.05, 4.69) is 28.2 Å². The van der Waals surface area contributed by atoms with Crippen molar-refractivity contribution in [1.29, 1.82) is 0 Å². The molecule has 1 saturated heterocycles. The van der Waals surface area contributed by atoms with E-state index in [-0.39, 0.29) is 10.6 Å². The lowest BCUT2D eigenvalue weighted by atomic mass is 9.99. The molecule has 1 aliphatic rings. The van der Waals surface area contributed by atoms with Crippen molar-refractivity contribution >= 4 is 27.3 Å². The maximum atomic E-state index is 11.1. The van der Waals surface area contributed by atoms with Gasteiger partial charge in [0.15, 0.2) is 0 Å². The summed E-state index contributed by atoms with van der Waals surface area (Å²) in [5.74, 6) is 0. The number of hydrogen-bond donors (Lipinski definition) is 1. The van der Waals surface area contributed by atoms with Crippen LogP contribution in [0, 0.1) is 17.0 Å². The van der Waals surface area contributed by atoms with Gasteiger partial charge in [-0.1, -0.05) is 13.3 Å². The molecule has 1 fully saturated rings. The zero-order valence-electron chi connectivity index (χ0n) is 12.4. The van der Waals surface area contributed by atoms with Crippen molar-refractivity contribution in [3.05, 3.63) is 32.3 Å². The number of anilines is 1. The molecule has 0 spiro atoms. The highest BCUT2D eigenvalue weighted by Crippen LogP contribution is 2.32. The second-order valence-electron chi connectivity index (χ2n) is 5.52. The number of benzene rings is 1. The number of nitrogens with one attached hydrogen (secondary N) is 1. The number of nitro benzene ring substituents is 1. The molecule has 21 heavy (non-hydrogen) atoms. The van der Waals surface area contributed by atoms with Gasteiger partial charge in [0.05, 0.1) is 16.7 Å². The Hall–Kier alpha value is -1.14. The maximum absolute atomic E-state index is 11.1. The molecule has 2 atom stereocenters. The molecule has 1 heterocycles. The van der Waals surface area contributed by atoms with Crippen LogP contribution in [-0.4, -0.2) is 23.7 Å². The average Bonchev–Trinajstić information content (AvgIpc) is 2.42. The van der Waals surface area contributed by atoms with Crippen LogP contribution in [0.2, 0.25) is 0 Å². The minimum absolute atomic E-state index is 0.151. The van der Waals surface area contributed by atoms with Gasteiger partial charge in [-0.05, 0) is 48.2 Å². The summed E-state index contributed by atoms with van der Waals surface area (Å²) in [6, 6.07) is 3.71. The Labute approximate surface area is 133 Å². The van der Waals surface area contributed by atoms with Gasteiger partial charge in [0, 0.05) is 28.8 Å². The van der Waals surface area contributed by atoms with Gasteiger partial charge in [0.1, 0.15) is 0 Å². The summed E-state index contributed by atoms with van der Waals surface area (Å²) < 4.78 is 6.60. The summed E-state index contributed by atoms with van der Waals surface area (Å²) in [5, 5.41) is 14.5. The van der Waals surface area contributed by atoms with Crippen molar-refractivity contribution in [2.75, 3.05) is 11.9 Å². The first-order valence-corrected chi connectivity index (χ1v) is 8.13. The first-order valence-electron chi connectivity index (χ1n) is 7.34. The Morgan fingerprint density at radius 1 is 1.52 bits per heavy atom. The maximum Gasteiger partial charge on any atom is 0.274 e. The minimum Gasteiger partial charge on any atom is -0.381 e. The fourth-order valence-electron chi connectivity index (χ4n) is 2.72. The molecule has 2 unspecified atom stereocenters. The average molecular weight is 357 g/mol. The zero-order chi connectivity index (χ0) is 15.4. The van der Waals surface area contributed by atoms with Gasteiger partial charge in [0.25, 0.3) is 5.69 Å². The van der Waals surface area contributed by atoms with Crippen molar-refractivity contribution in [3.63, 3.8) is 0 Å². The quantitative estimate of drug-likeness (QED) is 0.626. The van der Waals surface area contributed by atoms with Gasteiger partial charge >= 0.3 is 0 Å². The van der Waals surface area contributed by atoms with E-state index in [0.717, 1.165) is 42.5 Å². The van der Waals surface area contributed by atoms with E-state index in [1.807, 2.05) is 0 Å². The molecule has 0 aliphatic carbocycles. The summed E-state index contributed by atoms with van der Waals surface area (Å²) in [5.41, 5.74) is 1.60. The molecule has 1 aromatic carbocycles. The Morgan fingerprint density at radius 3 is 2.95 bits per heavy atom. The predicted molar refractivity (Wildman–Crippen MR) is 86.8 cm³/mol. The third kappa shape index (κ3) is 4.17. The van der Waals surface area contributed by atoms with Crippen LogP contribution < -0.4 is 5.32 Å². The Kier molecular flexibility index (Phi) is 5.58. The van der Waals surface area contributed by atoms with Gasteiger partial charge in [-0.3, -0.25) is 10.1 Å². The smallest absolute Gasteiger partial charge is 0.274 e. The Balaban J connectivity index is 2.11. The van der Waals surface area contributed by atoms with Crippen LogP contribution in [0.1, 0.15) is 38.2 Å². The summed E-state index contributed by atoms with van der Waals surface area (Å²) >= 11 is 3.49. The van der Waals surface area contributed by atoms with Crippen LogP contribution in [0.15, 0.2) is 16.6 Å². The molecule has 0 amide bonds. The number of hydrogen-bond acceptors (Lipinski definition) is 4. The molecule has 116 valence electrons. The van der Waals surface area contributed by atoms with E-state index in [1.54, 1.807) is 19.1 Å². The summed E-state index contributed by atoms with van der Waals surface area (Å²) in [6.07, 6.45) is 4.33. The van der Waals surface area contributed by atoms with Crippen molar-refractivity contribution in [2.45, 2.75) is 51.7 Å². The SMILES string of the molecule is CCCC1CC(Nc2cc([N+](=O)[O-])c(C)cc2Br)CCO1. The lowest BCUT2D eigenvalue weighted by Crippen LogP contribution is -2.34. The first kappa shape index (κ1) is 16.2. The number of halogens is 1. The standard InChI is InChI=1S/C15H21BrN2O3/c1-3-4-12-8-11(5-6-21-12)17-14-9-15(18(19)20)10(2)7-13(14)16/h7,9,11-12,17H,3-6,8H2,1-2H3. The fraction of sp³-hybridized carbons (Fsp3) is 0.600. The number of nitro groups is 1. The molecule has 1 aliphatic heterocycles. The van der Waals surface area contributed by atoms with Gasteiger partial charge in [-0.25, -0.2) is 0 Å². The number of ether oxygens (including phenoxy) is 1. The van der Waals surface area contributed by atoms with E-state index in [4.69, 9.17) is 4.74 Å². The lowest BCUT2D eigenvalue weighted by Gasteiger charge is -2.31. The van der Waals surface area contributed by atoms with Crippen molar-refractivity contribution in [3.8, 4) is 0 Å². The second-order valence-corrected chi connectivity index (χ2v) is 6.38. The van der Waals surface area contributed by atoms with E-state index in [1.165, 1.54) is 0 Å². The molecule has 1 aromatic rings.